The van der Waals surface area contributed by atoms with Crippen molar-refractivity contribution in [3.63, 3.8) is 0 Å². The summed E-state index contributed by atoms with van der Waals surface area (Å²) in [5.74, 6) is 0.506. The van der Waals surface area contributed by atoms with E-state index in [1.54, 1.807) is 20.1 Å². The smallest absolute Gasteiger partial charge is 0.273 e. The fourth-order valence-corrected chi connectivity index (χ4v) is 5.64. The van der Waals surface area contributed by atoms with Crippen LogP contribution < -0.4 is 0 Å². The van der Waals surface area contributed by atoms with Crippen molar-refractivity contribution in [2.45, 2.75) is 32.2 Å². The second-order valence-electron chi connectivity index (χ2n) is 6.74. The van der Waals surface area contributed by atoms with Gasteiger partial charge in [0.2, 0.25) is 10.0 Å². The lowest BCUT2D eigenvalue weighted by molar-refractivity contribution is 0.0584. The highest BCUT2D eigenvalue weighted by atomic mass is 32.2. The van der Waals surface area contributed by atoms with Gasteiger partial charge in [-0.05, 0) is 32.1 Å². The van der Waals surface area contributed by atoms with Gasteiger partial charge in [-0.3, -0.25) is 4.79 Å². The Morgan fingerprint density at radius 1 is 1.36 bits per heavy atom. The van der Waals surface area contributed by atoms with E-state index in [4.69, 9.17) is 4.74 Å². The van der Waals surface area contributed by atoms with Crippen LogP contribution in [0.1, 0.15) is 36.7 Å². The molecule has 9 heteroatoms. The highest BCUT2D eigenvalue weighted by Gasteiger charge is 2.34. The summed E-state index contributed by atoms with van der Waals surface area (Å²) in [6.45, 7) is 4.49. The lowest BCUT2D eigenvalue weighted by atomic mass is 9.98. The molecule has 25 heavy (non-hydrogen) atoms. The molecule has 0 N–H and O–H groups in total. The molecule has 0 bridgehead atoms. The number of amides is 1. The summed E-state index contributed by atoms with van der Waals surface area (Å²) in [6, 6.07) is -0.152. The van der Waals surface area contributed by atoms with Crippen molar-refractivity contribution in [3.8, 4) is 0 Å². The number of ether oxygens (including phenoxy) is 1. The molecule has 0 spiro atoms. The summed E-state index contributed by atoms with van der Waals surface area (Å²) in [6.07, 6.45) is 2.59. The summed E-state index contributed by atoms with van der Waals surface area (Å²) in [5.41, 5.74) is 2.07. The molecule has 2 aliphatic rings. The Balaban J connectivity index is 1.55. The van der Waals surface area contributed by atoms with Crippen LogP contribution in [0.25, 0.3) is 0 Å². The first kappa shape index (κ1) is 18.8. The molecule has 1 aromatic rings. The maximum absolute atomic E-state index is 12.7. The Hall–Kier alpha value is -1.03. The minimum Gasteiger partial charge on any atom is -0.381 e. The molecule has 0 radical (unpaired) electrons. The molecule has 3 heterocycles. The molecule has 3 rings (SSSR count). The number of rotatable bonds is 5. The van der Waals surface area contributed by atoms with Crippen molar-refractivity contribution in [3.05, 3.63) is 16.6 Å². The predicted molar refractivity (Wildman–Crippen MR) is 96.1 cm³/mol. The number of sulfonamides is 1. The summed E-state index contributed by atoms with van der Waals surface area (Å²) < 4.78 is 32.2. The quantitative estimate of drug-likeness (QED) is 0.764. The number of hydrogen-bond acceptors (Lipinski definition) is 6. The highest BCUT2D eigenvalue weighted by molar-refractivity contribution is 7.89. The normalized spacial score (nSPS) is 23.7. The molecule has 2 aliphatic heterocycles. The molecule has 1 aromatic heterocycles. The van der Waals surface area contributed by atoms with Crippen molar-refractivity contribution in [1.82, 2.24) is 14.2 Å². The summed E-state index contributed by atoms with van der Waals surface area (Å²) >= 11 is 1.38. The number of nitrogens with zero attached hydrogens (tertiary/aromatic N) is 3. The van der Waals surface area contributed by atoms with Crippen LogP contribution in [0.5, 0.6) is 0 Å². The lowest BCUT2D eigenvalue weighted by Gasteiger charge is -2.39. The third-order valence-corrected chi connectivity index (χ3v) is 7.48. The minimum absolute atomic E-state index is 0.118. The SMILES string of the molecule is C[C@H]1CN(S(=O)(=O)CCC2CCOCC2)CCN1C(=O)c1cscn1. The molecule has 1 amide bonds. The predicted octanol–water partition coefficient (Wildman–Crippen LogP) is 1.44. The van der Waals surface area contributed by atoms with E-state index in [0.717, 1.165) is 26.1 Å². The maximum atomic E-state index is 12.7. The first-order chi connectivity index (χ1) is 12.0. The monoisotopic (exact) mass is 387 g/mol. The third-order valence-electron chi connectivity index (χ3n) is 5.02. The molecule has 1 atom stereocenters. The Labute approximate surface area is 153 Å². The highest BCUT2D eigenvalue weighted by Crippen LogP contribution is 2.22. The Morgan fingerprint density at radius 2 is 2.12 bits per heavy atom. The maximum Gasteiger partial charge on any atom is 0.273 e. The summed E-state index contributed by atoms with van der Waals surface area (Å²) in [7, 11) is -3.28. The van der Waals surface area contributed by atoms with Crippen molar-refractivity contribution < 1.29 is 17.9 Å². The van der Waals surface area contributed by atoms with Crippen molar-refractivity contribution in [2.24, 2.45) is 5.92 Å². The van der Waals surface area contributed by atoms with E-state index in [-0.39, 0.29) is 17.7 Å². The summed E-state index contributed by atoms with van der Waals surface area (Å²) in [4.78, 5) is 18.2. The van der Waals surface area contributed by atoms with Crippen LogP contribution in [0.2, 0.25) is 0 Å². The number of aromatic nitrogens is 1. The number of carbonyl (C=O) groups excluding carboxylic acids is 1. The summed E-state index contributed by atoms with van der Waals surface area (Å²) in [5, 5.41) is 1.73. The van der Waals surface area contributed by atoms with Gasteiger partial charge in [-0.2, -0.15) is 4.31 Å². The van der Waals surface area contributed by atoms with Gasteiger partial charge in [0.15, 0.2) is 0 Å². The lowest BCUT2D eigenvalue weighted by Crippen LogP contribution is -2.55. The number of thiazole rings is 1. The van der Waals surface area contributed by atoms with E-state index >= 15 is 0 Å². The molecular formula is C16H25N3O4S2. The molecule has 0 saturated carbocycles. The van der Waals surface area contributed by atoms with Crippen LogP contribution >= 0.6 is 11.3 Å². The topological polar surface area (TPSA) is 79.8 Å². The van der Waals surface area contributed by atoms with Gasteiger partial charge in [-0.25, -0.2) is 13.4 Å². The van der Waals surface area contributed by atoms with Gasteiger partial charge in [0.1, 0.15) is 5.69 Å². The van der Waals surface area contributed by atoms with Gasteiger partial charge < -0.3 is 9.64 Å². The van der Waals surface area contributed by atoms with Gasteiger partial charge in [-0.1, -0.05) is 0 Å². The number of hydrogen-bond donors (Lipinski definition) is 0. The Morgan fingerprint density at radius 3 is 2.76 bits per heavy atom. The molecule has 7 nitrogen and oxygen atoms in total. The second-order valence-corrected chi connectivity index (χ2v) is 9.55. The number of piperazine rings is 1. The average molecular weight is 388 g/mol. The van der Waals surface area contributed by atoms with Gasteiger partial charge in [0, 0.05) is 44.3 Å². The molecule has 140 valence electrons. The molecule has 0 unspecified atom stereocenters. The van der Waals surface area contributed by atoms with E-state index in [0.29, 0.717) is 37.7 Å². The second kappa shape index (κ2) is 8.11. The third kappa shape index (κ3) is 4.58. The van der Waals surface area contributed by atoms with Gasteiger partial charge >= 0.3 is 0 Å². The largest absolute Gasteiger partial charge is 0.381 e. The van der Waals surface area contributed by atoms with E-state index < -0.39 is 10.0 Å². The molecular weight excluding hydrogens is 362 g/mol. The van der Waals surface area contributed by atoms with Crippen molar-refractivity contribution >= 4 is 27.3 Å². The standard InChI is InChI=1S/C16H25N3O4S2/c1-13-10-18(5-6-19(13)16(20)15-11-24-12-17-15)25(21,22)9-4-14-2-7-23-8-3-14/h11-14H,2-10H2,1H3/t13-/m0/s1. The van der Waals surface area contributed by atoms with Crippen LogP contribution in [-0.4, -0.2) is 73.2 Å². The van der Waals surface area contributed by atoms with Crippen LogP contribution in [0, 0.1) is 5.92 Å². The van der Waals surface area contributed by atoms with Crippen molar-refractivity contribution in [1.29, 1.82) is 0 Å². The Bertz CT molecular complexity index is 672. The van der Waals surface area contributed by atoms with E-state index in [1.807, 2.05) is 6.92 Å². The Kier molecular flexibility index (Phi) is 6.08. The molecule has 0 aliphatic carbocycles. The zero-order valence-corrected chi connectivity index (χ0v) is 16.1. The van der Waals surface area contributed by atoms with Crippen LogP contribution in [0.15, 0.2) is 10.9 Å². The molecule has 2 fully saturated rings. The van der Waals surface area contributed by atoms with E-state index in [2.05, 4.69) is 4.98 Å². The molecule has 0 aromatic carbocycles. The van der Waals surface area contributed by atoms with Crippen LogP contribution in [-0.2, 0) is 14.8 Å². The molecule has 2 saturated heterocycles. The van der Waals surface area contributed by atoms with Gasteiger partial charge in [-0.15, -0.1) is 11.3 Å². The number of carbonyl (C=O) groups is 1. The van der Waals surface area contributed by atoms with E-state index in [1.165, 1.54) is 11.3 Å². The average Bonchev–Trinajstić information content (AvgIpc) is 3.15. The van der Waals surface area contributed by atoms with Crippen LogP contribution in [0.4, 0.5) is 0 Å². The fraction of sp³-hybridized carbons (Fsp3) is 0.750. The fourth-order valence-electron chi connectivity index (χ4n) is 3.42. The van der Waals surface area contributed by atoms with E-state index in [9.17, 15) is 13.2 Å². The van der Waals surface area contributed by atoms with Gasteiger partial charge in [0.25, 0.3) is 5.91 Å². The zero-order valence-electron chi connectivity index (χ0n) is 14.5. The van der Waals surface area contributed by atoms with Gasteiger partial charge in [0.05, 0.1) is 11.3 Å². The zero-order chi connectivity index (χ0) is 17.9. The van der Waals surface area contributed by atoms with Crippen LogP contribution in [0.3, 0.4) is 0 Å². The minimum atomic E-state index is -3.28. The first-order valence-corrected chi connectivity index (χ1v) is 11.3. The first-order valence-electron chi connectivity index (χ1n) is 8.72. The van der Waals surface area contributed by atoms with Crippen molar-refractivity contribution in [2.75, 3.05) is 38.6 Å².